The van der Waals surface area contributed by atoms with Crippen molar-refractivity contribution in [2.24, 2.45) is 18.2 Å². The Balaban J connectivity index is 1.50. The number of methoxy groups -OCH3 is 1. The fourth-order valence-corrected chi connectivity index (χ4v) is 5.18. The number of hydrogen-bond donors (Lipinski definition) is 2. The summed E-state index contributed by atoms with van der Waals surface area (Å²) in [7, 11) is 3.22. The van der Waals surface area contributed by atoms with E-state index in [0.29, 0.717) is 39.9 Å². The number of hydrogen-bond acceptors (Lipinski definition) is 8. The van der Waals surface area contributed by atoms with Crippen LogP contribution in [0.3, 0.4) is 0 Å². The molecular weight excluding hydrogens is 434 g/mol. The molecule has 3 aromatic heterocycles. The number of anilines is 1. The summed E-state index contributed by atoms with van der Waals surface area (Å²) in [5, 5.41) is 7.91. The quantitative estimate of drug-likeness (QED) is 0.606. The van der Waals surface area contributed by atoms with Gasteiger partial charge in [0.25, 0.3) is 5.56 Å². The zero-order valence-electron chi connectivity index (χ0n) is 18.3. The first kappa shape index (κ1) is 21.2. The number of H-pyrrole nitrogens is 1. The number of piperidine rings is 1. The van der Waals surface area contributed by atoms with Crippen LogP contribution in [-0.2, 0) is 11.8 Å². The summed E-state index contributed by atoms with van der Waals surface area (Å²) >= 11 is 6.43. The molecule has 11 heteroatoms. The number of rotatable bonds is 3. The highest BCUT2D eigenvalue weighted by atomic mass is 35.5. The second-order valence-electron chi connectivity index (χ2n) is 8.64. The van der Waals surface area contributed by atoms with Crippen molar-refractivity contribution in [2.75, 3.05) is 31.7 Å². The summed E-state index contributed by atoms with van der Waals surface area (Å²) in [6, 6.07) is 1.73. The smallest absolute Gasteiger partial charge is 0.266 e. The summed E-state index contributed by atoms with van der Waals surface area (Å²) in [6.45, 7) is 4.23. The van der Waals surface area contributed by atoms with E-state index in [2.05, 4.69) is 20.1 Å². The van der Waals surface area contributed by atoms with Crippen LogP contribution < -0.4 is 20.9 Å². The van der Waals surface area contributed by atoms with E-state index < -0.39 is 0 Å². The summed E-state index contributed by atoms with van der Waals surface area (Å²) in [4.78, 5) is 24.3. The Hall–Kier alpha value is -2.69. The van der Waals surface area contributed by atoms with Gasteiger partial charge in [-0.1, -0.05) is 11.6 Å². The van der Waals surface area contributed by atoms with Crippen molar-refractivity contribution < 1.29 is 9.47 Å². The molecule has 2 saturated heterocycles. The van der Waals surface area contributed by atoms with Crippen LogP contribution in [0.5, 0.6) is 5.88 Å². The molecule has 2 aliphatic rings. The Kier molecular flexibility index (Phi) is 5.11. The second kappa shape index (κ2) is 7.72. The topological polar surface area (TPSA) is 124 Å². The van der Waals surface area contributed by atoms with E-state index in [1.807, 2.05) is 6.92 Å². The highest BCUT2D eigenvalue weighted by molar-refractivity contribution is 6.34. The SMILES string of the molecule is COc1nccc(-c2n[nH]c3nc(N4CCC5(CC4)CO[C@@H](C)[C@H]5N)n(C)c(=O)c23)c1Cl. The van der Waals surface area contributed by atoms with E-state index in [1.165, 1.54) is 7.11 Å². The van der Waals surface area contributed by atoms with Gasteiger partial charge in [-0.3, -0.25) is 14.5 Å². The molecular formula is C21H26ClN7O3. The van der Waals surface area contributed by atoms with Crippen LogP contribution in [0.1, 0.15) is 19.8 Å². The van der Waals surface area contributed by atoms with Crippen molar-refractivity contribution in [3.8, 4) is 17.1 Å². The predicted octanol–water partition coefficient (Wildman–Crippen LogP) is 1.71. The van der Waals surface area contributed by atoms with Gasteiger partial charge in [0.1, 0.15) is 16.1 Å². The maximum atomic E-state index is 13.4. The number of halogens is 1. The molecule has 0 unspecified atom stereocenters. The van der Waals surface area contributed by atoms with Gasteiger partial charge in [-0.2, -0.15) is 10.1 Å². The Labute approximate surface area is 189 Å². The number of nitrogens with two attached hydrogens (primary N) is 1. The van der Waals surface area contributed by atoms with Gasteiger partial charge < -0.3 is 20.1 Å². The van der Waals surface area contributed by atoms with E-state index in [-0.39, 0.29) is 29.0 Å². The molecule has 0 saturated carbocycles. The standard InChI is InChI=1S/C21H26ClN7O3/c1-11-16(23)21(10-32-11)5-8-29(9-6-21)20-25-17-13(19(30)28(20)2)15(26-27-17)12-4-7-24-18(31-3)14(12)22/h4,7,11,16H,5-6,8-10,23H2,1-3H3,(H,26,27)/t11-,16+/m0/s1. The second-order valence-corrected chi connectivity index (χ2v) is 9.02. The van der Waals surface area contributed by atoms with Crippen LogP contribution in [0.25, 0.3) is 22.3 Å². The summed E-state index contributed by atoms with van der Waals surface area (Å²) in [5.74, 6) is 0.874. The monoisotopic (exact) mass is 459 g/mol. The third kappa shape index (κ3) is 3.08. The summed E-state index contributed by atoms with van der Waals surface area (Å²) in [6.07, 6.45) is 3.43. The Morgan fingerprint density at radius 3 is 2.78 bits per heavy atom. The number of nitrogens with one attached hydrogen (secondary N) is 1. The number of pyridine rings is 1. The molecule has 0 amide bonds. The lowest BCUT2D eigenvalue weighted by molar-refractivity contribution is 0.0973. The highest BCUT2D eigenvalue weighted by Crippen LogP contribution is 2.42. The predicted molar refractivity (Wildman–Crippen MR) is 121 cm³/mol. The fourth-order valence-electron chi connectivity index (χ4n) is 4.90. The highest BCUT2D eigenvalue weighted by Gasteiger charge is 2.47. The van der Waals surface area contributed by atoms with E-state index in [0.717, 1.165) is 25.9 Å². The molecule has 1 spiro atoms. The first-order chi connectivity index (χ1) is 15.4. The van der Waals surface area contributed by atoms with E-state index in [9.17, 15) is 4.79 Å². The number of fused-ring (bicyclic) bond motifs is 1. The number of aromatic amines is 1. The first-order valence-corrected chi connectivity index (χ1v) is 11.0. The zero-order chi connectivity index (χ0) is 22.6. The van der Waals surface area contributed by atoms with Crippen LogP contribution >= 0.6 is 11.6 Å². The largest absolute Gasteiger partial charge is 0.480 e. The normalized spacial score (nSPS) is 22.7. The van der Waals surface area contributed by atoms with Gasteiger partial charge in [-0.25, -0.2) is 4.98 Å². The zero-order valence-corrected chi connectivity index (χ0v) is 19.0. The number of ether oxygens (including phenoxy) is 2. The minimum absolute atomic E-state index is 0.00279. The molecule has 32 heavy (non-hydrogen) atoms. The molecule has 3 N–H and O–H groups in total. The lowest BCUT2D eigenvalue weighted by Gasteiger charge is -2.41. The van der Waals surface area contributed by atoms with Gasteiger partial charge in [0.05, 0.1) is 19.8 Å². The van der Waals surface area contributed by atoms with Gasteiger partial charge in [-0.05, 0) is 25.8 Å². The average molecular weight is 460 g/mol. The Bertz CT molecular complexity index is 1230. The molecule has 5 heterocycles. The van der Waals surface area contributed by atoms with Crippen molar-refractivity contribution in [3.63, 3.8) is 0 Å². The lowest BCUT2D eigenvalue weighted by atomic mass is 9.73. The van der Waals surface area contributed by atoms with Gasteiger partial charge in [0.15, 0.2) is 5.65 Å². The third-order valence-corrected chi connectivity index (χ3v) is 7.34. The van der Waals surface area contributed by atoms with E-state index in [1.54, 1.807) is 23.9 Å². The van der Waals surface area contributed by atoms with Crippen LogP contribution in [-0.4, -0.2) is 63.7 Å². The average Bonchev–Trinajstić information content (AvgIpc) is 3.34. The molecule has 5 rings (SSSR count). The van der Waals surface area contributed by atoms with Crippen LogP contribution in [0.15, 0.2) is 17.1 Å². The van der Waals surface area contributed by atoms with Gasteiger partial charge in [0, 0.05) is 43.4 Å². The van der Waals surface area contributed by atoms with Crippen molar-refractivity contribution in [1.29, 1.82) is 0 Å². The molecule has 2 atom stereocenters. The van der Waals surface area contributed by atoms with E-state index in [4.69, 9.17) is 31.8 Å². The maximum absolute atomic E-state index is 13.4. The Morgan fingerprint density at radius 1 is 1.38 bits per heavy atom. The number of nitrogens with zero attached hydrogens (tertiary/aromatic N) is 5. The molecule has 0 aromatic carbocycles. The van der Waals surface area contributed by atoms with Crippen LogP contribution in [0.4, 0.5) is 5.95 Å². The first-order valence-electron chi connectivity index (χ1n) is 10.6. The maximum Gasteiger partial charge on any atom is 0.266 e. The van der Waals surface area contributed by atoms with Gasteiger partial charge >= 0.3 is 0 Å². The number of aromatic nitrogens is 5. The lowest BCUT2D eigenvalue weighted by Crippen LogP contribution is -2.51. The van der Waals surface area contributed by atoms with Crippen LogP contribution in [0.2, 0.25) is 5.02 Å². The summed E-state index contributed by atoms with van der Waals surface area (Å²) in [5.41, 5.74) is 7.63. The molecule has 10 nitrogen and oxygen atoms in total. The van der Waals surface area contributed by atoms with Gasteiger partial charge in [-0.15, -0.1) is 0 Å². The summed E-state index contributed by atoms with van der Waals surface area (Å²) < 4.78 is 12.6. The molecule has 0 radical (unpaired) electrons. The van der Waals surface area contributed by atoms with Crippen molar-refractivity contribution in [2.45, 2.75) is 31.9 Å². The van der Waals surface area contributed by atoms with Crippen molar-refractivity contribution in [3.05, 3.63) is 27.6 Å². The van der Waals surface area contributed by atoms with Crippen LogP contribution in [0, 0.1) is 5.41 Å². The fraction of sp³-hybridized carbons (Fsp3) is 0.524. The Morgan fingerprint density at radius 2 is 2.12 bits per heavy atom. The molecule has 0 bridgehead atoms. The minimum atomic E-state index is -0.199. The van der Waals surface area contributed by atoms with Gasteiger partial charge in [0.2, 0.25) is 11.8 Å². The van der Waals surface area contributed by atoms with Crippen molar-refractivity contribution >= 4 is 28.6 Å². The molecule has 2 fully saturated rings. The molecule has 170 valence electrons. The molecule has 0 aliphatic carbocycles. The van der Waals surface area contributed by atoms with E-state index >= 15 is 0 Å². The third-order valence-electron chi connectivity index (χ3n) is 6.97. The molecule has 2 aliphatic heterocycles. The molecule has 3 aromatic rings. The van der Waals surface area contributed by atoms with Crippen molar-refractivity contribution in [1.82, 2.24) is 24.7 Å². The minimum Gasteiger partial charge on any atom is -0.480 e.